The SMILES string of the molecule is COc1ccc2[nH]nc(-c3cc(C4CC4)nc(N)c3C#N)c2c1. The van der Waals surface area contributed by atoms with Crippen LogP contribution < -0.4 is 10.5 Å². The first kappa shape index (κ1) is 13.6. The fourth-order valence-electron chi connectivity index (χ4n) is 2.80. The second kappa shape index (κ2) is 4.99. The molecule has 0 unspecified atom stereocenters. The van der Waals surface area contributed by atoms with E-state index in [2.05, 4.69) is 21.3 Å². The molecule has 1 saturated carbocycles. The lowest BCUT2D eigenvalue weighted by Crippen LogP contribution is -2.01. The molecule has 4 rings (SSSR count). The molecule has 2 heterocycles. The molecule has 6 heteroatoms. The molecule has 0 saturated heterocycles. The van der Waals surface area contributed by atoms with Crippen LogP contribution in [0.25, 0.3) is 22.2 Å². The lowest BCUT2D eigenvalue weighted by molar-refractivity contribution is 0.415. The minimum absolute atomic E-state index is 0.269. The number of hydrogen-bond acceptors (Lipinski definition) is 5. The van der Waals surface area contributed by atoms with Crippen molar-refractivity contribution in [3.8, 4) is 23.1 Å². The number of nitriles is 1. The van der Waals surface area contributed by atoms with Gasteiger partial charge in [0.1, 0.15) is 28.9 Å². The Kier molecular flexibility index (Phi) is 2.95. The molecule has 114 valence electrons. The molecular formula is C17H15N5O. The Labute approximate surface area is 132 Å². The molecule has 1 aliphatic carbocycles. The van der Waals surface area contributed by atoms with E-state index in [1.165, 1.54) is 0 Å². The Hall–Kier alpha value is -3.07. The monoisotopic (exact) mass is 305 g/mol. The van der Waals surface area contributed by atoms with Gasteiger partial charge in [-0.3, -0.25) is 5.10 Å². The first-order valence-electron chi connectivity index (χ1n) is 7.44. The fraction of sp³-hybridized carbons (Fsp3) is 0.235. The Balaban J connectivity index is 1.98. The number of nitrogens with zero attached hydrogens (tertiary/aromatic N) is 3. The van der Waals surface area contributed by atoms with Gasteiger partial charge in [-0.15, -0.1) is 0 Å². The largest absolute Gasteiger partial charge is 0.497 e. The molecule has 1 aliphatic rings. The number of nitrogens with two attached hydrogens (primary N) is 1. The van der Waals surface area contributed by atoms with Crippen molar-refractivity contribution in [3.63, 3.8) is 0 Å². The summed E-state index contributed by atoms with van der Waals surface area (Å²) >= 11 is 0. The van der Waals surface area contributed by atoms with Crippen LogP contribution in [0, 0.1) is 11.3 Å². The van der Waals surface area contributed by atoms with E-state index >= 15 is 0 Å². The number of aromatic nitrogens is 3. The third-order valence-electron chi connectivity index (χ3n) is 4.20. The molecule has 0 radical (unpaired) electrons. The summed E-state index contributed by atoms with van der Waals surface area (Å²) < 4.78 is 5.29. The van der Waals surface area contributed by atoms with Crippen molar-refractivity contribution in [1.82, 2.24) is 15.2 Å². The summed E-state index contributed by atoms with van der Waals surface area (Å²) in [5.41, 5.74) is 9.62. The summed E-state index contributed by atoms with van der Waals surface area (Å²) in [5, 5.41) is 17.8. The first-order chi connectivity index (χ1) is 11.2. The standard InChI is InChI=1S/C17H15N5O/c1-23-10-4-5-14-12(6-10)16(22-21-14)11-7-15(9-2-3-9)20-17(19)13(11)8-18/h4-7,9H,2-3H2,1H3,(H2,19,20)(H,21,22). The quantitative estimate of drug-likeness (QED) is 0.774. The third kappa shape index (κ3) is 2.18. The topological polar surface area (TPSA) is 101 Å². The minimum Gasteiger partial charge on any atom is -0.497 e. The molecule has 0 amide bonds. The average Bonchev–Trinajstić information content (AvgIpc) is 3.33. The van der Waals surface area contributed by atoms with Crippen LogP contribution >= 0.6 is 0 Å². The van der Waals surface area contributed by atoms with Crippen molar-refractivity contribution in [1.29, 1.82) is 5.26 Å². The number of hydrogen-bond donors (Lipinski definition) is 2. The van der Waals surface area contributed by atoms with Crippen LogP contribution in [-0.2, 0) is 0 Å². The van der Waals surface area contributed by atoms with Gasteiger partial charge in [0.05, 0.1) is 12.6 Å². The highest BCUT2D eigenvalue weighted by molar-refractivity contribution is 5.95. The lowest BCUT2D eigenvalue weighted by atomic mass is 10.0. The lowest BCUT2D eigenvalue weighted by Gasteiger charge is -2.08. The highest BCUT2D eigenvalue weighted by atomic mass is 16.5. The number of fused-ring (bicyclic) bond motifs is 1. The van der Waals surface area contributed by atoms with Gasteiger partial charge in [-0.25, -0.2) is 4.98 Å². The molecule has 6 nitrogen and oxygen atoms in total. The molecule has 0 atom stereocenters. The Bertz CT molecular complexity index is 950. The van der Waals surface area contributed by atoms with E-state index < -0.39 is 0 Å². The van der Waals surface area contributed by atoms with Crippen LogP contribution in [0.2, 0.25) is 0 Å². The van der Waals surface area contributed by atoms with E-state index in [4.69, 9.17) is 10.5 Å². The number of anilines is 1. The van der Waals surface area contributed by atoms with Crippen LogP contribution in [0.3, 0.4) is 0 Å². The minimum atomic E-state index is 0.269. The van der Waals surface area contributed by atoms with Gasteiger partial charge < -0.3 is 10.5 Å². The zero-order valence-electron chi connectivity index (χ0n) is 12.6. The third-order valence-corrected chi connectivity index (χ3v) is 4.20. The highest BCUT2D eigenvalue weighted by Crippen LogP contribution is 2.42. The summed E-state index contributed by atoms with van der Waals surface area (Å²) in [5.74, 6) is 1.46. The van der Waals surface area contributed by atoms with E-state index in [-0.39, 0.29) is 5.82 Å². The predicted molar refractivity (Wildman–Crippen MR) is 87.0 cm³/mol. The van der Waals surface area contributed by atoms with Crippen LogP contribution in [-0.4, -0.2) is 22.3 Å². The second-order valence-electron chi connectivity index (χ2n) is 5.72. The molecule has 0 bridgehead atoms. The van der Waals surface area contributed by atoms with Gasteiger partial charge in [0.15, 0.2) is 0 Å². The van der Waals surface area contributed by atoms with Crippen molar-refractivity contribution < 1.29 is 4.74 Å². The molecule has 1 fully saturated rings. The van der Waals surface area contributed by atoms with Gasteiger partial charge in [-0.05, 0) is 37.1 Å². The van der Waals surface area contributed by atoms with E-state index in [9.17, 15) is 5.26 Å². The molecule has 2 aromatic heterocycles. The second-order valence-corrected chi connectivity index (χ2v) is 5.72. The van der Waals surface area contributed by atoms with Crippen LogP contribution in [0.15, 0.2) is 24.3 Å². The summed E-state index contributed by atoms with van der Waals surface area (Å²) in [6.07, 6.45) is 2.24. The number of H-pyrrole nitrogens is 1. The zero-order chi connectivity index (χ0) is 16.0. The Morgan fingerprint density at radius 2 is 2.17 bits per heavy atom. The van der Waals surface area contributed by atoms with Crippen molar-refractivity contribution in [2.45, 2.75) is 18.8 Å². The van der Waals surface area contributed by atoms with Crippen LogP contribution in [0.4, 0.5) is 5.82 Å². The first-order valence-corrected chi connectivity index (χ1v) is 7.44. The van der Waals surface area contributed by atoms with Crippen molar-refractivity contribution in [3.05, 3.63) is 35.5 Å². The number of aromatic amines is 1. The molecular weight excluding hydrogens is 290 g/mol. The maximum atomic E-state index is 9.48. The average molecular weight is 305 g/mol. The van der Waals surface area contributed by atoms with Gasteiger partial charge >= 0.3 is 0 Å². The number of rotatable bonds is 3. The highest BCUT2D eigenvalue weighted by Gasteiger charge is 2.27. The van der Waals surface area contributed by atoms with Gasteiger partial charge in [0, 0.05) is 22.6 Å². The number of benzene rings is 1. The van der Waals surface area contributed by atoms with Gasteiger partial charge in [0.25, 0.3) is 0 Å². The smallest absolute Gasteiger partial charge is 0.142 e. The number of nitrogens with one attached hydrogen (secondary N) is 1. The normalized spacial score (nSPS) is 13.9. The number of nitrogen functional groups attached to an aromatic ring is 1. The zero-order valence-corrected chi connectivity index (χ0v) is 12.6. The van der Waals surface area contributed by atoms with Gasteiger partial charge in [-0.1, -0.05) is 0 Å². The van der Waals surface area contributed by atoms with E-state index in [0.29, 0.717) is 17.2 Å². The molecule has 3 N–H and O–H groups in total. The van der Waals surface area contributed by atoms with Crippen LogP contribution in [0.5, 0.6) is 5.75 Å². The molecule has 0 aliphatic heterocycles. The van der Waals surface area contributed by atoms with Crippen molar-refractivity contribution in [2.75, 3.05) is 12.8 Å². The van der Waals surface area contributed by atoms with Crippen molar-refractivity contribution in [2.24, 2.45) is 0 Å². The summed E-state index contributed by atoms with van der Waals surface area (Å²) in [7, 11) is 1.62. The maximum absolute atomic E-state index is 9.48. The Morgan fingerprint density at radius 3 is 2.87 bits per heavy atom. The number of ether oxygens (including phenoxy) is 1. The molecule has 1 aromatic carbocycles. The predicted octanol–water partition coefficient (Wildman–Crippen LogP) is 2.96. The summed E-state index contributed by atoms with van der Waals surface area (Å²) in [4.78, 5) is 4.38. The molecule has 3 aromatic rings. The van der Waals surface area contributed by atoms with E-state index in [0.717, 1.165) is 40.8 Å². The van der Waals surface area contributed by atoms with E-state index in [1.54, 1.807) is 7.11 Å². The van der Waals surface area contributed by atoms with Crippen LogP contribution in [0.1, 0.15) is 30.0 Å². The summed E-state index contributed by atoms with van der Waals surface area (Å²) in [6, 6.07) is 9.78. The summed E-state index contributed by atoms with van der Waals surface area (Å²) in [6.45, 7) is 0. The van der Waals surface area contributed by atoms with Crippen molar-refractivity contribution >= 4 is 16.7 Å². The Morgan fingerprint density at radius 1 is 1.35 bits per heavy atom. The van der Waals surface area contributed by atoms with Gasteiger partial charge in [-0.2, -0.15) is 10.4 Å². The fourth-order valence-corrected chi connectivity index (χ4v) is 2.80. The number of methoxy groups -OCH3 is 1. The van der Waals surface area contributed by atoms with E-state index in [1.807, 2.05) is 24.3 Å². The maximum Gasteiger partial charge on any atom is 0.142 e. The molecule has 0 spiro atoms. The number of pyridine rings is 1. The van der Waals surface area contributed by atoms with Gasteiger partial charge in [0.2, 0.25) is 0 Å². The molecule has 23 heavy (non-hydrogen) atoms.